The molecule has 3 rings (SSSR count). The SMILES string of the molecule is CC1c2ccsc2CCN1c1ccc(C(=N)N)cn1. The first kappa shape index (κ1) is 12.2. The summed E-state index contributed by atoms with van der Waals surface area (Å²) in [7, 11) is 0. The van der Waals surface area contributed by atoms with E-state index in [9.17, 15) is 0 Å². The van der Waals surface area contributed by atoms with E-state index < -0.39 is 0 Å². The number of nitrogens with one attached hydrogen (secondary N) is 1. The van der Waals surface area contributed by atoms with Gasteiger partial charge in [-0.15, -0.1) is 11.3 Å². The number of aromatic nitrogens is 1. The fourth-order valence-corrected chi connectivity index (χ4v) is 3.50. The first-order valence-corrected chi connectivity index (χ1v) is 7.18. The summed E-state index contributed by atoms with van der Waals surface area (Å²) in [5, 5.41) is 9.55. The second kappa shape index (κ2) is 4.66. The third kappa shape index (κ3) is 2.10. The minimum absolute atomic E-state index is 0.0610. The Morgan fingerprint density at radius 1 is 1.47 bits per heavy atom. The average molecular weight is 272 g/mol. The predicted molar refractivity (Wildman–Crippen MR) is 79.0 cm³/mol. The van der Waals surface area contributed by atoms with Crippen LogP contribution in [0.2, 0.25) is 0 Å². The van der Waals surface area contributed by atoms with E-state index in [0.717, 1.165) is 18.8 Å². The zero-order valence-electron chi connectivity index (χ0n) is 10.8. The summed E-state index contributed by atoms with van der Waals surface area (Å²) in [4.78, 5) is 8.23. The van der Waals surface area contributed by atoms with Crippen LogP contribution in [0, 0.1) is 5.41 Å². The molecule has 3 heterocycles. The monoisotopic (exact) mass is 272 g/mol. The van der Waals surface area contributed by atoms with E-state index in [0.29, 0.717) is 11.6 Å². The molecule has 1 aliphatic rings. The molecule has 2 aromatic rings. The summed E-state index contributed by atoms with van der Waals surface area (Å²) in [5.41, 5.74) is 7.53. The van der Waals surface area contributed by atoms with Gasteiger partial charge >= 0.3 is 0 Å². The maximum absolute atomic E-state index is 7.39. The highest BCUT2D eigenvalue weighted by Gasteiger charge is 2.25. The molecule has 98 valence electrons. The van der Waals surface area contributed by atoms with Crippen LogP contribution in [-0.2, 0) is 6.42 Å². The Kier molecular flexibility index (Phi) is 2.98. The van der Waals surface area contributed by atoms with Crippen molar-refractivity contribution in [3.8, 4) is 0 Å². The minimum atomic E-state index is 0.0610. The summed E-state index contributed by atoms with van der Waals surface area (Å²) in [6.45, 7) is 3.20. The zero-order valence-corrected chi connectivity index (χ0v) is 11.6. The Morgan fingerprint density at radius 2 is 2.32 bits per heavy atom. The van der Waals surface area contributed by atoms with Gasteiger partial charge in [-0.1, -0.05) is 0 Å². The Balaban J connectivity index is 1.89. The number of rotatable bonds is 2. The van der Waals surface area contributed by atoms with Crippen molar-refractivity contribution in [3.05, 3.63) is 45.8 Å². The van der Waals surface area contributed by atoms with Gasteiger partial charge in [0.1, 0.15) is 11.7 Å². The molecule has 4 nitrogen and oxygen atoms in total. The van der Waals surface area contributed by atoms with Gasteiger partial charge in [-0.2, -0.15) is 0 Å². The minimum Gasteiger partial charge on any atom is -0.384 e. The quantitative estimate of drug-likeness (QED) is 0.652. The van der Waals surface area contributed by atoms with E-state index in [1.807, 2.05) is 23.5 Å². The number of amidine groups is 1. The lowest BCUT2D eigenvalue weighted by atomic mass is 10.0. The third-order valence-corrected chi connectivity index (χ3v) is 4.63. The van der Waals surface area contributed by atoms with Gasteiger partial charge in [-0.3, -0.25) is 5.41 Å². The van der Waals surface area contributed by atoms with Crippen molar-refractivity contribution in [2.75, 3.05) is 11.4 Å². The average Bonchev–Trinajstić information content (AvgIpc) is 2.88. The van der Waals surface area contributed by atoms with Crippen LogP contribution in [0.5, 0.6) is 0 Å². The molecule has 0 amide bonds. The van der Waals surface area contributed by atoms with E-state index in [4.69, 9.17) is 11.1 Å². The fourth-order valence-electron chi connectivity index (χ4n) is 2.54. The molecule has 0 fully saturated rings. The lowest BCUT2D eigenvalue weighted by molar-refractivity contribution is 0.625. The number of fused-ring (bicyclic) bond motifs is 1. The molecule has 1 aliphatic heterocycles. The topological polar surface area (TPSA) is 66.0 Å². The first-order valence-electron chi connectivity index (χ1n) is 6.30. The summed E-state index contributed by atoms with van der Waals surface area (Å²) >= 11 is 1.84. The van der Waals surface area contributed by atoms with Gasteiger partial charge in [0.25, 0.3) is 0 Å². The Morgan fingerprint density at radius 3 is 3.00 bits per heavy atom. The molecule has 2 aromatic heterocycles. The number of pyridine rings is 1. The molecular formula is C14H16N4S. The number of nitrogens with two attached hydrogens (primary N) is 1. The smallest absolute Gasteiger partial charge is 0.129 e. The van der Waals surface area contributed by atoms with Crippen molar-refractivity contribution < 1.29 is 0 Å². The van der Waals surface area contributed by atoms with Crippen molar-refractivity contribution in [1.29, 1.82) is 5.41 Å². The largest absolute Gasteiger partial charge is 0.384 e. The van der Waals surface area contributed by atoms with E-state index in [2.05, 4.69) is 28.3 Å². The number of thiophene rings is 1. The molecule has 0 saturated heterocycles. The van der Waals surface area contributed by atoms with Crippen LogP contribution in [0.4, 0.5) is 5.82 Å². The van der Waals surface area contributed by atoms with Crippen LogP contribution in [0.15, 0.2) is 29.8 Å². The lowest BCUT2D eigenvalue weighted by Crippen LogP contribution is -2.33. The van der Waals surface area contributed by atoms with Crippen LogP contribution < -0.4 is 10.6 Å². The van der Waals surface area contributed by atoms with E-state index >= 15 is 0 Å². The normalized spacial score (nSPS) is 18.2. The Hall–Kier alpha value is -1.88. The maximum Gasteiger partial charge on any atom is 0.129 e. The number of anilines is 1. The highest BCUT2D eigenvalue weighted by atomic mass is 32.1. The summed E-state index contributed by atoms with van der Waals surface area (Å²) in [5.74, 6) is 1.01. The number of hydrogen-bond acceptors (Lipinski definition) is 4. The Labute approximate surface area is 116 Å². The van der Waals surface area contributed by atoms with Gasteiger partial charge in [0.2, 0.25) is 0 Å². The van der Waals surface area contributed by atoms with Gasteiger partial charge < -0.3 is 10.6 Å². The molecule has 19 heavy (non-hydrogen) atoms. The molecule has 0 spiro atoms. The van der Waals surface area contributed by atoms with Crippen LogP contribution in [0.1, 0.15) is 29.0 Å². The van der Waals surface area contributed by atoms with Crippen LogP contribution in [0.3, 0.4) is 0 Å². The van der Waals surface area contributed by atoms with E-state index in [-0.39, 0.29) is 5.84 Å². The standard InChI is InChI=1S/C14H16N4S/c1-9-11-5-7-19-12(11)4-6-18(9)13-3-2-10(8-17-13)14(15)16/h2-3,5,7-9H,4,6H2,1H3,(H3,15,16). The van der Waals surface area contributed by atoms with Crippen molar-refractivity contribution >= 4 is 23.0 Å². The van der Waals surface area contributed by atoms with E-state index in [1.54, 1.807) is 6.20 Å². The van der Waals surface area contributed by atoms with Gasteiger partial charge in [0.05, 0.1) is 6.04 Å². The zero-order chi connectivity index (χ0) is 13.4. The van der Waals surface area contributed by atoms with Crippen molar-refractivity contribution in [1.82, 2.24) is 4.98 Å². The molecule has 0 saturated carbocycles. The highest BCUT2D eigenvalue weighted by Crippen LogP contribution is 2.35. The van der Waals surface area contributed by atoms with Gasteiger partial charge in [0, 0.05) is 23.2 Å². The van der Waals surface area contributed by atoms with Crippen molar-refractivity contribution in [2.24, 2.45) is 5.73 Å². The first-order chi connectivity index (χ1) is 9.16. The van der Waals surface area contributed by atoms with Crippen LogP contribution in [0.25, 0.3) is 0 Å². The molecule has 0 aliphatic carbocycles. The molecule has 1 atom stereocenters. The lowest BCUT2D eigenvalue weighted by Gasteiger charge is -2.34. The predicted octanol–water partition coefficient (Wildman–Crippen LogP) is 2.55. The molecule has 3 N–H and O–H groups in total. The molecule has 0 bridgehead atoms. The second-order valence-electron chi connectivity index (χ2n) is 4.74. The Bertz CT molecular complexity index is 602. The fraction of sp³-hybridized carbons (Fsp3) is 0.286. The summed E-state index contributed by atoms with van der Waals surface area (Å²) in [6, 6.07) is 6.37. The van der Waals surface area contributed by atoms with Crippen molar-refractivity contribution in [3.63, 3.8) is 0 Å². The maximum atomic E-state index is 7.39. The number of hydrogen-bond donors (Lipinski definition) is 2. The molecular weight excluding hydrogens is 256 g/mol. The summed E-state index contributed by atoms with van der Waals surface area (Å²) in [6.07, 6.45) is 2.75. The number of nitrogen functional groups attached to an aromatic ring is 1. The third-order valence-electron chi connectivity index (χ3n) is 3.63. The molecule has 0 aromatic carbocycles. The van der Waals surface area contributed by atoms with E-state index in [1.165, 1.54) is 10.4 Å². The van der Waals surface area contributed by atoms with Crippen LogP contribution >= 0.6 is 11.3 Å². The van der Waals surface area contributed by atoms with Gasteiger partial charge in [-0.05, 0) is 42.5 Å². The van der Waals surface area contributed by atoms with Gasteiger partial charge in [-0.25, -0.2) is 4.98 Å². The summed E-state index contributed by atoms with van der Waals surface area (Å²) < 4.78 is 0. The molecule has 5 heteroatoms. The second-order valence-corrected chi connectivity index (χ2v) is 5.74. The molecule has 0 radical (unpaired) electrons. The van der Waals surface area contributed by atoms with Crippen molar-refractivity contribution in [2.45, 2.75) is 19.4 Å². The van der Waals surface area contributed by atoms with Gasteiger partial charge in [0.15, 0.2) is 0 Å². The highest BCUT2D eigenvalue weighted by molar-refractivity contribution is 7.10. The number of nitrogens with zero attached hydrogens (tertiary/aromatic N) is 2. The molecule has 1 unspecified atom stereocenters. The van der Waals surface area contributed by atoms with Crippen LogP contribution in [-0.4, -0.2) is 17.4 Å².